The van der Waals surface area contributed by atoms with Gasteiger partial charge in [0.2, 0.25) is 0 Å². The molecule has 182 valence electrons. The van der Waals surface area contributed by atoms with Crippen LogP contribution in [0.4, 0.5) is 0 Å². The number of hydrogen-bond acceptors (Lipinski definition) is 6. The highest BCUT2D eigenvalue weighted by Crippen LogP contribution is 2.14. The largest absolute Gasteiger partial charge is 0.462 e. The van der Waals surface area contributed by atoms with E-state index in [0.717, 1.165) is 19.3 Å². The van der Waals surface area contributed by atoms with Crippen LogP contribution in [0.2, 0.25) is 0 Å². The van der Waals surface area contributed by atoms with Crippen molar-refractivity contribution in [3.63, 3.8) is 0 Å². The van der Waals surface area contributed by atoms with Crippen molar-refractivity contribution in [1.82, 2.24) is 0 Å². The summed E-state index contributed by atoms with van der Waals surface area (Å²) >= 11 is 0. The Kier molecular flexibility index (Phi) is 17.3. The maximum atomic E-state index is 12.4. The lowest BCUT2D eigenvalue weighted by molar-refractivity contribution is 0.0252. The first kappa shape index (κ1) is 28.1. The first-order valence-corrected chi connectivity index (χ1v) is 12.3. The molecular weight excluding hydrogens is 408 g/mol. The number of aliphatic hydroxyl groups is 1. The standard InChI is InChI=1S/C26H42O6/c1-2-3-4-5-6-7-8-9-10-11-12-15-19-31-25(28)23-16-13-14-17-24(23)26(29)32-22-21-30-20-18-27/h13-14,16-17,27H,2-12,15,18-22H2,1H3. The van der Waals surface area contributed by atoms with Crippen LogP contribution in [0.15, 0.2) is 24.3 Å². The average molecular weight is 451 g/mol. The van der Waals surface area contributed by atoms with Gasteiger partial charge in [0.05, 0.1) is 37.6 Å². The highest BCUT2D eigenvalue weighted by Gasteiger charge is 2.18. The van der Waals surface area contributed by atoms with E-state index in [1.54, 1.807) is 24.3 Å². The Morgan fingerprint density at radius 3 is 1.62 bits per heavy atom. The van der Waals surface area contributed by atoms with Gasteiger partial charge in [-0.2, -0.15) is 0 Å². The van der Waals surface area contributed by atoms with Crippen LogP contribution < -0.4 is 0 Å². The zero-order valence-electron chi connectivity index (χ0n) is 19.8. The molecular formula is C26H42O6. The van der Waals surface area contributed by atoms with Crippen molar-refractivity contribution in [3.05, 3.63) is 35.4 Å². The molecule has 0 bridgehead atoms. The minimum absolute atomic E-state index is 0.0566. The third-order valence-corrected chi connectivity index (χ3v) is 5.29. The van der Waals surface area contributed by atoms with Gasteiger partial charge in [0.1, 0.15) is 6.61 Å². The summed E-state index contributed by atoms with van der Waals surface area (Å²) in [5.41, 5.74) is 0.405. The van der Waals surface area contributed by atoms with E-state index in [0.29, 0.717) is 6.61 Å². The quantitative estimate of drug-likeness (QED) is 0.202. The Bertz CT molecular complexity index is 616. The van der Waals surface area contributed by atoms with E-state index >= 15 is 0 Å². The number of aliphatic hydroxyl groups excluding tert-OH is 1. The van der Waals surface area contributed by atoms with Crippen LogP contribution in [0, 0.1) is 0 Å². The Morgan fingerprint density at radius 1 is 0.656 bits per heavy atom. The van der Waals surface area contributed by atoms with Crippen LogP contribution in [0.5, 0.6) is 0 Å². The highest BCUT2D eigenvalue weighted by molar-refractivity contribution is 6.03. The number of esters is 2. The molecule has 0 aromatic heterocycles. The third kappa shape index (κ3) is 13.5. The van der Waals surface area contributed by atoms with E-state index in [2.05, 4.69) is 6.92 Å². The second kappa shape index (κ2) is 19.7. The first-order valence-electron chi connectivity index (χ1n) is 12.3. The minimum atomic E-state index is -0.587. The number of carbonyl (C=O) groups excluding carboxylic acids is 2. The zero-order chi connectivity index (χ0) is 23.3. The number of rotatable bonds is 20. The van der Waals surface area contributed by atoms with Crippen LogP contribution >= 0.6 is 0 Å². The zero-order valence-corrected chi connectivity index (χ0v) is 19.8. The van der Waals surface area contributed by atoms with E-state index < -0.39 is 11.9 Å². The fourth-order valence-corrected chi connectivity index (χ4v) is 3.46. The predicted octanol–water partition coefficient (Wildman–Crippen LogP) is 5.71. The summed E-state index contributed by atoms with van der Waals surface area (Å²) in [7, 11) is 0. The topological polar surface area (TPSA) is 82.1 Å². The van der Waals surface area contributed by atoms with Crippen molar-refractivity contribution >= 4 is 11.9 Å². The lowest BCUT2D eigenvalue weighted by Gasteiger charge is -2.10. The van der Waals surface area contributed by atoms with Gasteiger partial charge in [0, 0.05) is 0 Å². The van der Waals surface area contributed by atoms with Crippen molar-refractivity contribution in [2.75, 3.05) is 33.0 Å². The summed E-state index contributed by atoms with van der Waals surface area (Å²) in [5.74, 6) is -1.09. The lowest BCUT2D eigenvalue weighted by atomic mass is 10.1. The van der Waals surface area contributed by atoms with Gasteiger partial charge in [0.25, 0.3) is 0 Å². The summed E-state index contributed by atoms with van der Waals surface area (Å²) < 4.78 is 15.6. The predicted molar refractivity (Wildman–Crippen MR) is 126 cm³/mol. The normalized spacial score (nSPS) is 10.8. The first-order chi connectivity index (χ1) is 15.7. The Hall–Kier alpha value is -1.92. The number of hydrogen-bond donors (Lipinski definition) is 1. The van der Waals surface area contributed by atoms with Gasteiger partial charge in [0.15, 0.2) is 0 Å². The number of ether oxygens (including phenoxy) is 3. The van der Waals surface area contributed by atoms with E-state index in [1.165, 1.54) is 57.8 Å². The molecule has 32 heavy (non-hydrogen) atoms. The van der Waals surface area contributed by atoms with Crippen molar-refractivity contribution in [2.45, 2.75) is 84.0 Å². The van der Waals surface area contributed by atoms with Crippen LogP contribution in [-0.2, 0) is 14.2 Å². The molecule has 0 heterocycles. The monoisotopic (exact) mass is 450 g/mol. The number of carbonyl (C=O) groups is 2. The molecule has 0 radical (unpaired) electrons. The third-order valence-electron chi connectivity index (χ3n) is 5.29. The Morgan fingerprint density at radius 2 is 1.12 bits per heavy atom. The molecule has 1 aromatic carbocycles. The summed E-state index contributed by atoms with van der Waals surface area (Å²) in [6.07, 6.45) is 15.0. The van der Waals surface area contributed by atoms with Crippen molar-refractivity contribution in [2.24, 2.45) is 0 Å². The molecule has 0 atom stereocenters. The van der Waals surface area contributed by atoms with Crippen molar-refractivity contribution in [3.8, 4) is 0 Å². The van der Waals surface area contributed by atoms with E-state index in [4.69, 9.17) is 19.3 Å². The molecule has 1 aromatic rings. The van der Waals surface area contributed by atoms with Gasteiger partial charge in [-0.25, -0.2) is 9.59 Å². The highest BCUT2D eigenvalue weighted by atomic mass is 16.6. The van der Waals surface area contributed by atoms with Gasteiger partial charge in [-0.05, 0) is 18.6 Å². The SMILES string of the molecule is CCCCCCCCCCCCCCOC(=O)c1ccccc1C(=O)OCCOCCO. The van der Waals surface area contributed by atoms with Crippen LogP contribution in [-0.4, -0.2) is 50.1 Å². The summed E-state index contributed by atoms with van der Waals surface area (Å²) in [4.78, 5) is 24.7. The molecule has 0 spiro atoms. The van der Waals surface area contributed by atoms with E-state index in [1.807, 2.05) is 0 Å². The molecule has 0 aliphatic rings. The molecule has 0 aliphatic carbocycles. The number of unbranched alkanes of at least 4 members (excludes halogenated alkanes) is 11. The molecule has 0 unspecified atom stereocenters. The lowest BCUT2D eigenvalue weighted by Crippen LogP contribution is -2.16. The molecule has 0 aliphatic heterocycles. The van der Waals surface area contributed by atoms with Gasteiger partial charge in [-0.15, -0.1) is 0 Å². The minimum Gasteiger partial charge on any atom is -0.462 e. The summed E-state index contributed by atoms with van der Waals surface area (Å²) in [6, 6.07) is 6.50. The molecule has 6 heteroatoms. The molecule has 0 amide bonds. The van der Waals surface area contributed by atoms with Crippen LogP contribution in [0.3, 0.4) is 0 Å². The van der Waals surface area contributed by atoms with Gasteiger partial charge in [-0.1, -0.05) is 89.7 Å². The molecule has 1 N–H and O–H groups in total. The fraction of sp³-hybridized carbons (Fsp3) is 0.692. The number of benzene rings is 1. The summed E-state index contributed by atoms with van der Waals surface area (Å²) in [5, 5.41) is 8.66. The second-order valence-electron chi connectivity index (χ2n) is 8.04. The van der Waals surface area contributed by atoms with Gasteiger partial charge >= 0.3 is 11.9 Å². The van der Waals surface area contributed by atoms with Crippen LogP contribution in [0.1, 0.15) is 105 Å². The molecule has 1 rings (SSSR count). The molecule has 6 nitrogen and oxygen atoms in total. The molecule has 0 fully saturated rings. The maximum absolute atomic E-state index is 12.4. The van der Waals surface area contributed by atoms with Crippen molar-refractivity contribution < 1.29 is 28.9 Å². The van der Waals surface area contributed by atoms with E-state index in [-0.39, 0.29) is 37.6 Å². The second-order valence-corrected chi connectivity index (χ2v) is 8.04. The van der Waals surface area contributed by atoms with Gasteiger partial charge in [-0.3, -0.25) is 0 Å². The van der Waals surface area contributed by atoms with Crippen LogP contribution in [0.25, 0.3) is 0 Å². The Balaban J connectivity index is 2.16. The fourth-order valence-electron chi connectivity index (χ4n) is 3.46. The smallest absolute Gasteiger partial charge is 0.339 e. The Labute approximate surface area is 193 Å². The van der Waals surface area contributed by atoms with Gasteiger partial charge < -0.3 is 19.3 Å². The van der Waals surface area contributed by atoms with E-state index in [9.17, 15) is 9.59 Å². The molecule has 0 saturated heterocycles. The maximum Gasteiger partial charge on any atom is 0.339 e. The summed E-state index contributed by atoms with van der Waals surface area (Å²) in [6.45, 7) is 2.96. The molecule has 0 saturated carbocycles. The van der Waals surface area contributed by atoms with Crippen molar-refractivity contribution in [1.29, 1.82) is 0 Å². The average Bonchev–Trinajstić information content (AvgIpc) is 2.81.